The lowest BCUT2D eigenvalue weighted by Crippen LogP contribution is -2.17. The third kappa shape index (κ3) is 2.82. The van der Waals surface area contributed by atoms with Crippen molar-refractivity contribution in [1.29, 1.82) is 0 Å². The summed E-state index contributed by atoms with van der Waals surface area (Å²) in [4.78, 5) is 12.4. The molecule has 0 saturated heterocycles. The zero-order valence-corrected chi connectivity index (χ0v) is 12.8. The van der Waals surface area contributed by atoms with Crippen molar-refractivity contribution >= 4 is 21.6 Å². The van der Waals surface area contributed by atoms with Crippen molar-refractivity contribution in [2.24, 2.45) is 22.9 Å². The first-order chi connectivity index (χ1) is 9.88. The second-order valence-electron chi connectivity index (χ2n) is 6.15. The minimum atomic E-state index is -3.77. The Labute approximate surface area is 125 Å². The second kappa shape index (κ2) is 5.10. The Morgan fingerprint density at radius 3 is 2.43 bits per heavy atom. The monoisotopic (exact) mass is 308 g/mol. The van der Waals surface area contributed by atoms with Crippen LogP contribution in [0, 0.1) is 24.7 Å². The molecule has 114 valence electrons. The minimum absolute atomic E-state index is 0.0103. The molecule has 2 saturated carbocycles. The van der Waals surface area contributed by atoms with Crippen molar-refractivity contribution in [2.45, 2.75) is 37.5 Å². The van der Waals surface area contributed by atoms with Crippen molar-refractivity contribution in [3.63, 3.8) is 0 Å². The average Bonchev–Trinajstić information content (AvgIpc) is 3.14. The van der Waals surface area contributed by atoms with Crippen LogP contribution in [-0.4, -0.2) is 14.3 Å². The van der Waals surface area contributed by atoms with Gasteiger partial charge in [0.2, 0.25) is 15.9 Å². The largest absolute Gasteiger partial charge is 0.326 e. The summed E-state index contributed by atoms with van der Waals surface area (Å²) in [6, 6.07) is 4.82. The fourth-order valence-electron chi connectivity index (χ4n) is 3.59. The molecule has 0 radical (unpaired) electrons. The Hall–Kier alpha value is -1.40. The third-order valence-corrected chi connectivity index (χ3v) is 5.77. The minimum Gasteiger partial charge on any atom is -0.326 e. The number of rotatable bonds is 3. The maximum absolute atomic E-state index is 12.3. The van der Waals surface area contributed by atoms with E-state index in [1.807, 2.05) is 0 Å². The van der Waals surface area contributed by atoms with Gasteiger partial charge in [0, 0.05) is 11.6 Å². The summed E-state index contributed by atoms with van der Waals surface area (Å²) in [6.07, 6.45) is 4.70. The maximum Gasteiger partial charge on any atom is 0.238 e. The predicted octanol–water partition coefficient (Wildman–Crippen LogP) is 2.02. The number of nitrogens with one attached hydrogen (secondary N) is 1. The number of hydrogen-bond acceptors (Lipinski definition) is 3. The molecule has 1 amide bonds. The van der Waals surface area contributed by atoms with E-state index < -0.39 is 10.0 Å². The van der Waals surface area contributed by atoms with Crippen LogP contribution in [0.25, 0.3) is 0 Å². The van der Waals surface area contributed by atoms with E-state index in [0.717, 1.165) is 12.8 Å². The highest BCUT2D eigenvalue weighted by Gasteiger charge is 2.54. The van der Waals surface area contributed by atoms with Crippen LogP contribution in [0.2, 0.25) is 0 Å². The molecule has 5 nitrogen and oxygen atoms in total. The van der Waals surface area contributed by atoms with Gasteiger partial charge in [0.25, 0.3) is 0 Å². The van der Waals surface area contributed by atoms with E-state index in [1.165, 1.54) is 18.9 Å². The summed E-state index contributed by atoms with van der Waals surface area (Å²) in [5.41, 5.74) is 1.08. The summed E-state index contributed by atoms with van der Waals surface area (Å²) in [6.45, 7) is 1.68. The molecule has 0 aliphatic heterocycles. The molecule has 2 aliphatic rings. The summed E-state index contributed by atoms with van der Waals surface area (Å²) >= 11 is 0. The summed E-state index contributed by atoms with van der Waals surface area (Å²) in [5.74, 6) is 1.17. The van der Waals surface area contributed by atoms with Gasteiger partial charge in [-0.15, -0.1) is 0 Å². The standard InChI is InChI=1S/C15H20N2O3S/c1-9-6-7-10(8-13(9)21(16,19)20)17-15(18)14-11-4-2-3-5-12(11)14/h6-8,11-12,14H,2-5H2,1H3,(H,17,18)(H2,16,19,20). The summed E-state index contributed by atoms with van der Waals surface area (Å²) in [7, 11) is -3.77. The van der Waals surface area contributed by atoms with Crippen LogP contribution in [0.3, 0.4) is 0 Å². The molecule has 1 aromatic rings. The number of carbonyl (C=O) groups excluding carboxylic acids is 1. The first-order valence-electron chi connectivity index (χ1n) is 7.32. The number of hydrogen-bond donors (Lipinski definition) is 2. The number of benzene rings is 1. The van der Waals surface area contributed by atoms with Gasteiger partial charge in [0.15, 0.2) is 0 Å². The number of sulfonamides is 1. The molecule has 2 atom stereocenters. The SMILES string of the molecule is Cc1ccc(NC(=O)C2C3CCCCC32)cc1S(N)(=O)=O. The number of anilines is 1. The fourth-order valence-corrected chi connectivity index (χ4v) is 4.40. The molecule has 21 heavy (non-hydrogen) atoms. The lowest BCUT2D eigenvalue weighted by Gasteiger charge is -2.09. The quantitative estimate of drug-likeness (QED) is 0.895. The molecule has 6 heteroatoms. The van der Waals surface area contributed by atoms with Crippen LogP contribution >= 0.6 is 0 Å². The Morgan fingerprint density at radius 1 is 1.24 bits per heavy atom. The van der Waals surface area contributed by atoms with Crippen LogP contribution in [0.15, 0.2) is 23.1 Å². The van der Waals surface area contributed by atoms with Gasteiger partial charge >= 0.3 is 0 Å². The molecule has 3 N–H and O–H groups in total. The van der Waals surface area contributed by atoms with Crippen LogP contribution in [0.1, 0.15) is 31.2 Å². The molecule has 0 spiro atoms. The number of fused-ring (bicyclic) bond motifs is 1. The summed E-state index contributed by atoms with van der Waals surface area (Å²) in [5, 5.41) is 8.03. The van der Waals surface area contributed by atoms with Crippen LogP contribution in [0.4, 0.5) is 5.69 Å². The van der Waals surface area contributed by atoms with Crippen LogP contribution in [-0.2, 0) is 14.8 Å². The fraction of sp³-hybridized carbons (Fsp3) is 0.533. The van der Waals surface area contributed by atoms with Crippen molar-refractivity contribution < 1.29 is 13.2 Å². The molecule has 3 rings (SSSR count). The topological polar surface area (TPSA) is 89.3 Å². The zero-order chi connectivity index (χ0) is 15.2. The molecule has 2 fully saturated rings. The molecule has 1 aromatic carbocycles. The van der Waals surface area contributed by atoms with Gasteiger partial charge in [-0.25, -0.2) is 13.6 Å². The Kier molecular flexibility index (Phi) is 3.53. The van der Waals surface area contributed by atoms with E-state index in [0.29, 0.717) is 23.1 Å². The number of primary sulfonamides is 1. The van der Waals surface area contributed by atoms with Crippen LogP contribution < -0.4 is 10.5 Å². The number of amides is 1. The summed E-state index contributed by atoms with van der Waals surface area (Å²) < 4.78 is 23.0. The van der Waals surface area contributed by atoms with Crippen molar-refractivity contribution in [3.8, 4) is 0 Å². The van der Waals surface area contributed by atoms with Gasteiger partial charge < -0.3 is 5.32 Å². The highest BCUT2D eigenvalue weighted by atomic mass is 32.2. The molecule has 2 aliphatic carbocycles. The lowest BCUT2D eigenvalue weighted by molar-refractivity contribution is -0.117. The Bertz CT molecular complexity index is 672. The van der Waals surface area contributed by atoms with Crippen molar-refractivity contribution in [2.75, 3.05) is 5.32 Å². The molecular weight excluding hydrogens is 288 g/mol. The molecule has 0 bridgehead atoms. The van der Waals surface area contributed by atoms with Gasteiger partial charge in [0.05, 0.1) is 4.90 Å². The molecule has 0 heterocycles. The number of nitrogens with two attached hydrogens (primary N) is 1. The second-order valence-corrected chi connectivity index (χ2v) is 7.68. The smallest absolute Gasteiger partial charge is 0.238 e. The normalized spacial score (nSPS) is 27.8. The van der Waals surface area contributed by atoms with Crippen molar-refractivity contribution in [1.82, 2.24) is 0 Å². The Balaban J connectivity index is 1.75. The first-order valence-corrected chi connectivity index (χ1v) is 8.87. The van der Waals surface area contributed by atoms with Gasteiger partial charge in [-0.1, -0.05) is 18.9 Å². The van der Waals surface area contributed by atoms with E-state index in [-0.39, 0.29) is 16.7 Å². The Morgan fingerprint density at radius 2 is 1.86 bits per heavy atom. The van der Waals surface area contributed by atoms with E-state index in [1.54, 1.807) is 19.1 Å². The van der Waals surface area contributed by atoms with Gasteiger partial charge in [-0.2, -0.15) is 0 Å². The van der Waals surface area contributed by atoms with Gasteiger partial charge in [-0.3, -0.25) is 4.79 Å². The van der Waals surface area contributed by atoms with Gasteiger partial charge in [-0.05, 0) is 49.3 Å². The van der Waals surface area contributed by atoms with E-state index in [4.69, 9.17) is 5.14 Å². The molecular formula is C15H20N2O3S. The van der Waals surface area contributed by atoms with E-state index in [9.17, 15) is 13.2 Å². The maximum atomic E-state index is 12.3. The molecule has 0 aromatic heterocycles. The van der Waals surface area contributed by atoms with Crippen LogP contribution in [0.5, 0.6) is 0 Å². The van der Waals surface area contributed by atoms with Gasteiger partial charge in [0.1, 0.15) is 0 Å². The number of carbonyl (C=O) groups is 1. The van der Waals surface area contributed by atoms with Crippen molar-refractivity contribution in [3.05, 3.63) is 23.8 Å². The van der Waals surface area contributed by atoms with E-state index >= 15 is 0 Å². The highest BCUT2D eigenvalue weighted by molar-refractivity contribution is 7.89. The van der Waals surface area contributed by atoms with E-state index in [2.05, 4.69) is 5.32 Å². The first kappa shape index (κ1) is 14.5. The zero-order valence-electron chi connectivity index (χ0n) is 12.0. The third-order valence-electron chi connectivity index (χ3n) is 4.72. The highest BCUT2D eigenvalue weighted by Crippen LogP contribution is 2.55. The molecule has 2 unspecified atom stereocenters. The number of aryl methyl sites for hydroxylation is 1. The lowest BCUT2D eigenvalue weighted by atomic mass is 10.0. The average molecular weight is 308 g/mol. The predicted molar refractivity (Wildman–Crippen MR) is 80.1 cm³/mol.